The van der Waals surface area contributed by atoms with E-state index in [1.54, 1.807) is 0 Å². The third kappa shape index (κ3) is 36.4. The maximum Gasteiger partial charge on any atom is 0.469 e. The van der Waals surface area contributed by atoms with Crippen molar-refractivity contribution in [2.24, 2.45) is 0 Å². The van der Waals surface area contributed by atoms with Crippen molar-refractivity contribution in [1.82, 2.24) is 5.32 Å². The van der Waals surface area contributed by atoms with Gasteiger partial charge in [-0.1, -0.05) is 180 Å². The van der Waals surface area contributed by atoms with Crippen molar-refractivity contribution in [2.45, 2.75) is 225 Å². The molecule has 0 rings (SSSR count). The summed E-state index contributed by atoms with van der Waals surface area (Å²) in [5, 5.41) is 13.5. The number of allylic oxidation sites excluding steroid dienone is 2. The summed E-state index contributed by atoms with van der Waals surface area (Å²) in [5.41, 5.74) is 0. The van der Waals surface area contributed by atoms with Crippen LogP contribution in [-0.4, -0.2) is 39.6 Å². The van der Waals surface area contributed by atoms with Crippen molar-refractivity contribution in [3.63, 3.8) is 0 Å². The lowest BCUT2D eigenvalue weighted by molar-refractivity contribution is -0.123. The highest BCUT2D eigenvalue weighted by molar-refractivity contribution is 7.46. The Balaban J connectivity index is 3.84. The highest BCUT2D eigenvalue weighted by Crippen LogP contribution is 2.36. The molecule has 8 heteroatoms. The first-order valence-electron chi connectivity index (χ1n) is 20.1. The molecule has 0 unspecified atom stereocenters. The van der Waals surface area contributed by atoms with Crippen LogP contribution in [0.1, 0.15) is 213 Å². The third-order valence-corrected chi connectivity index (χ3v) is 9.74. The molecular formula is C39H78NO6P. The average Bonchev–Trinajstić information content (AvgIpc) is 3.04. The maximum atomic E-state index is 12.6. The van der Waals surface area contributed by atoms with Gasteiger partial charge in [0.05, 0.1) is 18.8 Å². The van der Waals surface area contributed by atoms with Gasteiger partial charge in [0.25, 0.3) is 0 Å². The summed E-state index contributed by atoms with van der Waals surface area (Å²) in [4.78, 5) is 30.8. The van der Waals surface area contributed by atoms with Crippen LogP contribution >= 0.6 is 7.82 Å². The first kappa shape index (κ1) is 46.3. The molecule has 0 aromatic heterocycles. The summed E-state index contributed by atoms with van der Waals surface area (Å²) in [6.45, 7) is 4.10. The van der Waals surface area contributed by atoms with Gasteiger partial charge in [0.1, 0.15) is 0 Å². The molecule has 0 aliphatic rings. The lowest BCUT2D eigenvalue weighted by atomic mass is 10.0. The maximum absolute atomic E-state index is 12.6. The first-order chi connectivity index (χ1) is 22.8. The van der Waals surface area contributed by atoms with Gasteiger partial charge in [0, 0.05) is 6.42 Å². The summed E-state index contributed by atoms with van der Waals surface area (Å²) >= 11 is 0. The monoisotopic (exact) mass is 688 g/mol. The normalized spacial score (nSPS) is 13.4. The van der Waals surface area contributed by atoms with E-state index in [0.717, 1.165) is 38.5 Å². The van der Waals surface area contributed by atoms with Crippen LogP contribution in [0.25, 0.3) is 0 Å². The van der Waals surface area contributed by atoms with Crippen molar-refractivity contribution in [1.29, 1.82) is 0 Å². The van der Waals surface area contributed by atoms with Crippen LogP contribution in [0.2, 0.25) is 0 Å². The molecular weight excluding hydrogens is 609 g/mol. The molecule has 0 aromatic rings. The van der Waals surface area contributed by atoms with Gasteiger partial charge >= 0.3 is 7.82 Å². The molecule has 0 aromatic carbocycles. The summed E-state index contributed by atoms with van der Waals surface area (Å²) in [6, 6.07) is -0.819. The number of aliphatic hydroxyl groups is 1. The highest BCUT2D eigenvalue weighted by Gasteiger charge is 2.25. The fraction of sp³-hybridized carbons (Fsp3) is 0.923. The molecule has 0 bridgehead atoms. The Morgan fingerprint density at radius 3 is 1.36 bits per heavy atom. The molecule has 47 heavy (non-hydrogen) atoms. The third-order valence-electron chi connectivity index (χ3n) is 9.25. The van der Waals surface area contributed by atoms with Crippen LogP contribution in [0.15, 0.2) is 12.2 Å². The van der Waals surface area contributed by atoms with Crippen molar-refractivity contribution in [2.75, 3.05) is 6.61 Å². The molecule has 0 aliphatic heterocycles. The molecule has 7 nitrogen and oxygen atoms in total. The SMILES string of the molecule is CCCCCCCC/C=C\CCCCCCCCCCCCCC(=O)N[C@@H](COP(=O)(O)O)[C@H](O)CCCCCCCCCCCC. The molecule has 0 fully saturated rings. The van der Waals surface area contributed by atoms with Crippen LogP contribution in [-0.2, 0) is 13.9 Å². The van der Waals surface area contributed by atoms with E-state index < -0.39 is 26.6 Å². The predicted molar refractivity (Wildman–Crippen MR) is 200 cm³/mol. The van der Waals surface area contributed by atoms with Crippen molar-refractivity contribution >= 4 is 13.7 Å². The predicted octanol–water partition coefficient (Wildman–Crippen LogP) is 11.6. The second-order valence-corrected chi connectivity index (χ2v) is 15.2. The van der Waals surface area contributed by atoms with Gasteiger partial charge < -0.3 is 20.2 Å². The molecule has 1 amide bonds. The van der Waals surface area contributed by atoms with Gasteiger partial charge in [-0.15, -0.1) is 0 Å². The van der Waals surface area contributed by atoms with E-state index in [2.05, 4.69) is 35.8 Å². The van der Waals surface area contributed by atoms with E-state index in [-0.39, 0.29) is 5.91 Å². The topological polar surface area (TPSA) is 116 Å². The number of unbranched alkanes of at least 4 members (excludes halogenated alkanes) is 26. The van der Waals surface area contributed by atoms with Gasteiger partial charge in [-0.2, -0.15) is 0 Å². The average molecular weight is 688 g/mol. The minimum atomic E-state index is -4.68. The van der Waals surface area contributed by atoms with E-state index in [4.69, 9.17) is 9.79 Å². The molecule has 0 saturated heterocycles. The summed E-state index contributed by atoms with van der Waals surface area (Å²) in [5.74, 6) is -0.195. The van der Waals surface area contributed by atoms with E-state index in [0.29, 0.717) is 12.8 Å². The smallest absolute Gasteiger partial charge is 0.391 e. The molecule has 0 heterocycles. The Morgan fingerprint density at radius 2 is 0.957 bits per heavy atom. The van der Waals surface area contributed by atoms with Crippen LogP contribution in [0, 0.1) is 0 Å². The Labute approximate surface area is 291 Å². The van der Waals surface area contributed by atoms with E-state index in [1.165, 1.54) is 148 Å². The molecule has 4 N–H and O–H groups in total. The van der Waals surface area contributed by atoms with E-state index in [1.807, 2.05) is 0 Å². The zero-order valence-corrected chi connectivity index (χ0v) is 31.8. The molecule has 0 aliphatic carbocycles. The van der Waals surface area contributed by atoms with Gasteiger partial charge in [0.2, 0.25) is 5.91 Å². The standard InChI is InChI=1S/C39H78NO6P/c1-3-5-7-9-11-13-15-16-17-18-19-20-21-22-23-24-25-27-29-31-33-35-39(42)40-37(36-46-47(43,44)45)38(41)34-32-30-28-26-14-12-10-8-6-4-2/h16-17,37-38,41H,3-15,18-36H2,1-2H3,(H,40,42)(H2,43,44,45)/b17-16-/t37-,38+/m0/s1. The minimum Gasteiger partial charge on any atom is -0.391 e. The van der Waals surface area contributed by atoms with Gasteiger partial charge in [-0.05, 0) is 38.5 Å². The fourth-order valence-electron chi connectivity index (χ4n) is 6.16. The number of carbonyl (C=O) groups is 1. The van der Waals surface area contributed by atoms with Gasteiger partial charge in [-0.25, -0.2) is 4.57 Å². The molecule has 2 atom stereocenters. The van der Waals surface area contributed by atoms with Crippen LogP contribution in [0.4, 0.5) is 0 Å². The van der Waals surface area contributed by atoms with Crippen LogP contribution < -0.4 is 5.32 Å². The lowest BCUT2D eigenvalue weighted by Gasteiger charge is -2.24. The highest BCUT2D eigenvalue weighted by atomic mass is 31.2. The number of hydrogen-bond donors (Lipinski definition) is 4. The number of phosphoric acid groups is 1. The Bertz CT molecular complexity index is 743. The molecule has 0 saturated carbocycles. The van der Waals surface area contributed by atoms with Gasteiger partial charge in [-0.3, -0.25) is 9.32 Å². The van der Waals surface area contributed by atoms with Crippen LogP contribution in [0.5, 0.6) is 0 Å². The number of hydrogen-bond acceptors (Lipinski definition) is 4. The Morgan fingerprint density at radius 1 is 0.596 bits per heavy atom. The fourth-order valence-corrected chi connectivity index (χ4v) is 6.52. The lowest BCUT2D eigenvalue weighted by Crippen LogP contribution is -2.46. The summed E-state index contributed by atoms with van der Waals surface area (Å²) in [6.07, 6.45) is 40.6. The second-order valence-electron chi connectivity index (χ2n) is 14.0. The minimum absolute atomic E-state index is 0.195. The largest absolute Gasteiger partial charge is 0.469 e. The molecule has 0 spiro atoms. The number of carbonyl (C=O) groups excluding carboxylic acids is 1. The number of amides is 1. The van der Waals surface area contributed by atoms with Crippen LogP contribution in [0.3, 0.4) is 0 Å². The van der Waals surface area contributed by atoms with Crippen molar-refractivity contribution in [3.8, 4) is 0 Å². The number of phosphoric ester groups is 1. The van der Waals surface area contributed by atoms with Gasteiger partial charge in [0.15, 0.2) is 0 Å². The Hall–Kier alpha value is -0.720. The van der Waals surface area contributed by atoms with E-state index >= 15 is 0 Å². The first-order valence-corrected chi connectivity index (χ1v) is 21.7. The number of nitrogens with one attached hydrogen (secondary N) is 1. The van der Waals surface area contributed by atoms with E-state index in [9.17, 15) is 14.5 Å². The zero-order chi connectivity index (χ0) is 34.7. The number of aliphatic hydroxyl groups excluding tert-OH is 1. The van der Waals surface area contributed by atoms with Crippen molar-refractivity contribution < 1.29 is 28.8 Å². The zero-order valence-electron chi connectivity index (χ0n) is 31.0. The summed E-state index contributed by atoms with van der Waals surface area (Å²) < 4.78 is 15.9. The number of rotatable bonds is 37. The molecule has 280 valence electrons. The Kier molecular flexibility index (Phi) is 34.6. The molecule has 0 radical (unpaired) electrons. The quantitative estimate of drug-likeness (QED) is 0.0293. The van der Waals surface area contributed by atoms with Crippen molar-refractivity contribution in [3.05, 3.63) is 12.2 Å². The second kappa shape index (κ2) is 35.1. The summed E-state index contributed by atoms with van der Waals surface area (Å²) in [7, 11) is -4.68.